The fourth-order valence-electron chi connectivity index (χ4n) is 8.07. The summed E-state index contributed by atoms with van der Waals surface area (Å²) in [5.74, 6) is 1.80. The number of likely N-dealkylation sites (tertiary alicyclic amines) is 1. The molecule has 170 valence electrons. The van der Waals surface area contributed by atoms with Gasteiger partial charge in [0.15, 0.2) is 17.6 Å². The Morgan fingerprint density at radius 3 is 2.94 bits per heavy atom. The molecule has 2 bridgehead atoms. The first-order valence-corrected chi connectivity index (χ1v) is 12.7. The summed E-state index contributed by atoms with van der Waals surface area (Å²) >= 11 is 0. The number of rotatable bonds is 4. The third kappa shape index (κ3) is 2.12. The molecule has 0 amide bonds. The number of nitrogens with one attached hydrogen (secondary N) is 1. The average Bonchev–Trinajstić information content (AvgIpc) is 3.45. The number of aromatic hydroxyl groups is 1. The lowest BCUT2D eigenvalue weighted by Gasteiger charge is -2.64. The smallest absolute Gasteiger partial charge is 0.166 e. The van der Waals surface area contributed by atoms with Crippen molar-refractivity contribution in [3.63, 3.8) is 0 Å². The van der Waals surface area contributed by atoms with Gasteiger partial charge in [-0.05, 0) is 68.3 Å². The first kappa shape index (κ1) is 18.9. The summed E-state index contributed by atoms with van der Waals surface area (Å²) in [4.78, 5) is 6.49. The molecule has 2 fully saturated rings. The van der Waals surface area contributed by atoms with Crippen molar-refractivity contribution in [2.24, 2.45) is 5.92 Å². The van der Waals surface area contributed by atoms with Gasteiger partial charge in [-0.2, -0.15) is 0 Å². The van der Waals surface area contributed by atoms with Crippen LogP contribution in [-0.4, -0.2) is 46.3 Å². The summed E-state index contributed by atoms with van der Waals surface area (Å²) in [6.45, 7) is 5.08. The van der Waals surface area contributed by atoms with E-state index >= 15 is 0 Å². The molecule has 1 spiro atoms. The van der Waals surface area contributed by atoms with Crippen molar-refractivity contribution in [3.05, 3.63) is 58.8 Å². The summed E-state index contributed by atoms with van der Waals surface area (Å²) < 4.78 is 13.8. The minimum atomic E-state index is -0.358. The highest BCUT2D eigenvalue weighted by molar-refractivity contribution is 5.86. The van der Waals surface area contributed by atoms with Crippen LogP contribution < -0.4 is 4.74 Å². The molecule has 2 N–H and O–H groups in total. The van der Waals surface area contributed by atoms with Gasteiger partial charge < -0.3 is 19.6 Å². The third-order valence-corrected chi connectivity index (χ3v) is 9.43. The molecule has 3 aliphatic carbocycles. The van der Waals surface area contributed by atoms with Crippen molar-refractivity contribution in [1.82, 2.24) is 9.88 Å². The molecule has 33 heavy (non-hydrogen) atoms. The highest BCUT2D eigenvalue weighted by atomic mass is 16.5. The van der Waals surface area contributed by atoms with Crippen molar-refractivity contribution in [3.8, 4) is 11.5 Å². The van der Waals surface area contributed by atoms with E-state index in [9.17, 15) is 5.11 Å². The summed E-state index contributed by atoms with van der Waals surface area (Å²) in [5, 5.41) is 12.2. The van der Waals surface area contributed by atoms with Crippen molar-refractivity contribution in [2.45, 2.75) is 62.2 Å². The number of phenols is 1. The van der Waals surface area contributed by atoms with Crippen molar-refractivity contribution < 1.29 is 14.6 Å². The van der Waals surface area contributed by atoms with Crippen LogP contribution >= 0.6 is 0 Å². The minimum Gasteiger partial charge on any atom is -0.504 e. The summed E-state index contributed by atoms with van der Waals surface area (Å²) in [7, 11) is 0. The number of ether oxygens (including phenoxy) is 2. The number of nitrogens with zero attached hydrogens (tertiary/aromatic N) is 1. The van der Waals surface area contributed by atoms with Crippen LogP contribution in [0.5, 0.6) is 11.5 Å². The van der Waals surface area contributed by atoms with E-state index in [1.54, 1.807) is 0 Å². The van der Waals surface area contributed by atoms with Crippen molar-refractivity contribution >= 4 is 10.9 Å². The van der Waals surface area contributed by atoms with E-state index in [-0.39, 0.29) is 22.9 Å². The minimum absolute atomic E-state index is 0.159. The molecule has 5 aliphatic rings. The predicted molar refractivity (Wildman–Crippen MR) is 126 cm³/mol. The Bertz CT molecular complexity index is 1310. The molecule has 4 atom stereocenters. The van der Waals surface area contributed by atoms with Crippen LogP contribution in [0.25, 0.3) is 10.9 Å². The molecule has 1 saturated heterocycles. The Kier molecular flexibility index (Phi) is 3.51. The van der Waals surface area contributed by atoms with Crippen LogP contribution in [0.2, 0.25) is 0 Å². The number of phenolic OH excluding ortho intramolecular Hbond substituents is 1. The number of hydrogen-bond acceptors (Lipinski definition) is 4. The summed E-state index contributed by atoms with van der Waals surface area (Å²) in [6, 6.07) is 12.9. The topological polar surface area (TPSA) is 57.7 Å². The number of H-pyrrole nitrogens is 1. The third-order valence-electron chi connectivity index (χ3n) is 9.43. The van der Waals surface area contributed by atoms with Crippen LogP contribution in [-0.2, 0) is 23.0 Å². The number of aromatic nitrogens is 1. The fraction of sp³-hybridized carbons (Fsp3) is 0.500. The summed E-state index contributed by atoms with van der Waals surface area (Å²) in [5.41, 5.74) is 5.63. The van der Waals surface area contributed by atoms with E-state index in [0.29, 0.717) is 18.4 Å². The Labute approximate surface area is 193 Å². The first-order chi connectivity index (χ1) is 16.2. The number of benzene rings is 2. The molecule has 2 aromatic carbocycles. The normalized spacial score (nSPS) is 33.6. The average molecular weight is 443 g/mol. The predicted octanol–water partition coefficient (Wildman–Crippen LogP) is 4.62. The van der Waals surface area contributed by atoms with Crippen LogP contribution in [0, 0.1) is 5.92 Å². The SMILES string of the molecule is CCO[C@@]12Cc3c([nH]c4ccccc34)[C@@H]3Oc4c(O)ccc5c4[C@@]31CCN(CC1CC1)[C@@H]2C5. The number of fused-ring (bicyclic) bond motifs is 4. The van der Waals surface area contributed by atoms with Gasteiger partial charge in [-0.3, -0.25) is 4.90 Å². The second-order valence-electron chi connectivity index (χ2n) is 10.9. The Balaban J connectivity index is 1.44. The molecule has 5 heteroatoms. The highest BCUT2D eigenvalue weighted by Gasteiger charge is 2.74. The van der Waals surface area contributed by atoms with Crippen LogP contribution in [0.15, 0.2) is 36.4 Å². The van der Waals surface area contributed by atoms with E-state index < -0.39 is 0 Å². The Hall–Kier alpha value is -2.50. The van der Waals surface area contributed by atoms with E-state index in [4.69, 9.17) is 9.47 Å². The highest BCUT2D eigenvalue weighted by Crippen LogP contribution is 2.70. The summed E-state index contributed by atoms with van der Waals surface area (Å²) in [6.07, 6.45) is 5.42. The molecule has 3 aromatic rings. The second-order valence-corrected chi connectivity index (χ2v) is 10.9. The lowest BCUT2D eigenvalue weighted by atomic mass is 9.48. The van der Waals surface area contributed by atoms with Gasteiger partial charge in [0.1, 0.15) is 5.60 Å². The van der Waals surface area contributed by atoms with Gasteiger partial charge in [0.2, 0.25) is 0 Å². The molecule has 1 saturated carbocycles. The van der Waals surface area contributed by atoms with E-state index in [1.165, 1.54) is 47.2 Å². The van der Waals surface area contributed by atoms with Crippen LogP contribution in [0.1, 0.15) is 54.7 Å². The maximum absolute atomic E-state index is 10.9. The van der Waals surface area contributed by atoms with Gasteiger partial charge in [-0.1, -0.05) is 24.3 Å². The zero-order chi connectivity index (χ0) is 21.9. The molecule has 3 heterocycles. The monoisotopic (exact) mass is 442 g/mol. The molecule has 5 nitrogen and oxygen atoms in total. The van der Waals surface area contributed by atoms with E-state index in [0.717, 1.165) is 37.2 Å². The van der Waals surface area contributed by atoms with Gasteiger partial charge in [0, 0.05) is 42.1 Å². The maximum Gasteiger partial charge on any atom is 0.166 e. The first-order valence-electron chi connectivity index (χ1n) is 12.7. The van der Waals surface area contributed by atoms with Crippen molar-refractivity contribution in [1.29, 1.82) is 0 Å². The molecule has 1 aromatic heterocycles. The number of piperidine rings is 1. The fourth-order valence-corrected chi connectivity index (χ4v) is 8.07. The number of hydrogen-bond donors (Lipinski definition) is 2. The van der Waals surface area contributed by atoms with Gasteiger partial charge in [0.25, 0.3) is 0 Å². The van der Waals surface area contributed by atoms with Gasteiger partial charge in [-0.25, -0.2) is 0 Å². The zero-order valence-corrected chi connectivity index (χ0v) is 19.1. The Morgan fingerprint density at radius 1 is 1.21 bits per heavy atom. The molecule has 0 unspecified atom stereocenters. The van der Waals surface area contributed by atoms with E-state index in [2.05, 4.69) is 47.1 Å². The van der Waals surface area contributed by atoms with Gasteiger partial charge in [0.05, 0.1) is 11.1 Å². The van der Waals surface area contributed by atoms with E-state index in [1.807, 2.05) is 6.07 Å². The molecular weight excluding hydrogens is 412 g/mol. The maximum atomic E-state index is 10.9. The molecule has 8 rings (SSSR count). The lowest BCUT2D eigenvalue weighted by Crippen LogP contribution is -2.75. The van der Waals surface area contributed by atoms with Gasteiger partial charge in [-0.15, -0.1) is 0 Å². The van der Waals surface area contributed by atoms with Crippen LogP contribution in [0.3, 0.4) is 0 Å². The second kappa shape index (κ2) is 6.13. The van der Waals surface area contributed by atoms with Crippen LogP contribution in [0.4, 0.5) is 0 Å². The zero-order valence-electron chi connectivity index (χ0n) is 19.1. The van der Waals surface area contributed by atoms with Gasteiger partial charge >= 0.3 is 0 Å². The molecule has 2 aliphatic heterocycles. The quantitative estimate of drug-likeness (QED) is 0.619. The molecular formula is C28H30N2O3. The largest absolute Gasteiger partial charge is 0.504 e. The number of para-hydroxylation sites is 1. The number of aromatic amines is 1. The molecule has 0 radical (unpaired) electrons. The Morgan fingerprint density at radius 2 is 2.09 bits per heavy atom. The van der Waals surface area contributed by atoms with Crippen molar-refractivity contribution in [2.75, 3.05) is 19.7 Å². The standard InChI is InChI=1S/C28H30N2O3/c1-2-32-28-14-19-18-5-3-4-6-20(18)29-24(19)26-27(28)11-12-30(15-16-7-8-16)22(28)13-17-9-10-21(31)25(33-26)23(17)27/h3-6,9-10,16,22,26,29,31H,2,7-8,11-15H2,1H3/t22-,26+,27+,28-/m1/s1. The lowest BCUT2D eigenvalue weighted by molar-refractivity contribution is -0.202.